The summed E-state index contributed by atoms with van der Waals surface area (Å²) >= 11 is 1.28. The van der Waals surface area contributed by atoms with E-state index in [1.807, 2.05) is 85.6 Å². The van der Waals surface area contributed by atoms with E-state index in [1.54, 1.807) is 14.2 Å². The standard InChI is InChI=1S/C30H30N4O4S/c1-18-5-10-22(15-19(18)2)31-28(35)17-27-29(36)32-30(39-27)34-26(21-8-13-24(38-4)14-9-21)16-25(33-34)20-6-11-23(37-3)12-7-20/h5-15,26-27H,16-17H2,1-4H3,(H,31,35)/t26-,27+/m1/s1. The molecule has 2 aliphatic rings. The van der Waals surface area contributed by atoms with Gasteiger partial charge in [0.05, 0.1) is 26.0 Å². The molecule has 8 nitrogen and oxygen atoms in total. The molecule has 0 radical (unpaired) electrons. The van der Waals surface area contributed by atoms with Crippen LogP contribution in [0.15, 0.2) is 76.8 Å². The van der Waals surface area contributed by atoms with Gasteiger partial charge in [0.15, 0.2) is 5.17 Å². The maximum Gasteiger partial charge on any atom is 0.262 e. The molecule has 0 bridgehead atoms. The molecule has 3 aromatic carbocycles. The summed E-state index contributed by atoms with van der Waals surface area (Å²) in [5.41, 5.74) is 5.83. The zero-order valence-corrected chi connectivity index (χ0v) is 23.1. The molecule has 2 atom stereocenters. The molecular weight excluding hydrogens is 512 g/mol. The Kier molecular flexibility index (Phi) is 7.70. The lowest BCUT2D eigenvalue weighted by molar-refractivity contribution is -0.121. The number of hydrazone groups is 1. The largest absolute Gasteiger partial charge is 0.497 e. The second-order valence-electron chi connectivity index (χ2n) is 9.50. The maximum atomic E-state index is 12.9. The average molecular weight is 543 g/mol. The number of methoxy groups -OCH3 is 2. The van der Waals surface area contributed by atoms with E-state index in [1.165, 1.54) is 11.8 Å². The fourth-order valence-corrected chi connectivity index (χ4v) is 5.60. The van der Waals surface area contributed by atoms with E-state index in [0.717, 1.165) is 39.5 Å². The number of thioether (sulfide) groups is 1. The van der Waals surface area contributed by atoms with Gasteiger partial charge in [0.2, 0.25) is 5.91 Å². The lowest BCUT2D eigenvalue weighted by Gasteiger charge is -2.23. The molecule has 2 heterocycles. The van der Waals surface area contributed by atoms with Gasteiger partial charge < -0.3 is 14.8 Å². The van der Waals surface area contributed by atoms with Crippen molar-refractivity contribution in [3.05, 3.63) is 89.0 Å². The van der Waals surface area contributed by atoms with Crippen molar-refractivity contribution in [1.82, 2.24) is 5.01 Å². The Morgan fingerprint density at radius 2 is 1.64 bits per heavy atom. The molecule has 0 saturated carbocycles. The van der Waals surface area contributed by atoms with Gasteiger partial charge in [0.1, 0.15) is 16.7 Å². The van der Waals surface area contributed by atoms with Gasteiger partial charge in [-0.25, -0.2) is 5.01 Å². The van der Waals surface area contributed by atoms with E-state index < -0.39 is 5.25 Å². The first-order valence-electron chi connectivity index (χ1n) is 12.7. The molecule has 2 amide bonds. The lowest BCUT2D eigenvalue weighted by atomic mass is 9.98. The molecule has 2 aliphatic heterocycles. The summed E-state index contributed by atoms with van der Waals surface area (Å²) in [5, 5.41) is 9.51. The SMILES string of the molecule is COc1ccc(C2=NN(C3=NC(=O)[C@H](CC(=O)Nc4ccc(C)c(C)c4)S3)[C@@H](c3ccc(OC)cc3)C2)cc1. The Labute approximate surface area is 232 Å². The molecule has 0 spiro atoms. The third-order valence-corrected chi connectivity index (χ3v) is 8.06. The Morgan fingerprint density at radius 1 is 0.974 bits per heavy atom. The van der Waals surface area contributed by atoms with Crippen LogP contribution in [0.5, 0.6) is 11.5 Å². The van der Waals surface area contributed by atoms with E-state index in [2.05, 4.69) is 10.3 Å². The van der Waals surface area contributed by atoms with Crippen molar-refractivity contribution in [1.29, 1.82) is 0 Å². The van der Waals surface area contributed by atoms with Gasteiger partial charge in [-0.05, 0) is 84.6 Å². The summed E-state index contributed by atoms with van der Waals surface area (Å²) in [6.07, 6.45) is 0.657. The molecule has 200 valence electrons. The van der Waals surface area contributed by atoms with Crippen molar-refractivity contribution in [2.45, 2.75) is 38.0 Å². The fourth-order valence-electron chi connectivity index (χ4n) is 4.53. The number of rotatable bonds is 7. The van der Waals surface area contributed by atoms with Gasteiger partial charge in [-0.2, -0.15) is 10.1 Å². The van der Waals surface area contributed by atoms with Crippen LogP contribution < -0.4 is 14.8 Å². The van der Waals surface area contributed by atoms with Gasteiger partial charge >= 0.3 is 0 Å². The molecule has 5 rings (SSSR count). The van der Waals surface area contributed by atoms with Crippen molar-refractivity contribution in [3.63, 3.8) is 0 Å². The minimum atomic E-state index is -0.608. The molecule has 0 aromatic heterocycles. The number of hydrogen-bond donors (Lipinski definition) is 1. The van der Waals surface area contributed by atoms with E-state index in [4.69, 9.17) is 14.6 Å². The average Bonchev–Trinajstić information content (AvgIpc) is 3.54. The van der Waals surface area contributed by atoms with Crippen molar-refractivity contribution in [3.8, 4) is 11.5 Å². The summed E-state index contributed by atoms with van der Waals surface area (Å²) < 4.78 is 10.6. The van der Waals surface area contributed by atoms with Crippen LogP contribution in [0.2, 0.25) is 0 Å². The van der Waals surface area contributed by atoms with Crippen molar-refractivity contribution in [2.75, 3.05) is 19.5 Å². The van der Waals surface area contributed by atoms with Gasteiger partial charge in [-0.3, -0.25) is 9.59 Å². The highest BCUT2D eigenvalue weighted by atomic mass is 32.2. The Balaban J connectivity index is 1.35. The van der Waals surface area contributed by atoms with Crippen LogP contribution in [0.25, 0.3) is 0 Å². The van der Waals surface area contributed by atoms with E-state index in [0.29, 0.717) is 17.3 Å². The quantitative estimate of drug-likeness (QED) is 0.424. The number of amidine groups is 1. The number of ether oxygens (including phenoxy) is 2. The minimum absolute atomic E-state index is 0.0273. The van der Waals surface area contributed by atoms with Gasteiger partial charge in [-0.15, -0.1) is 0 Å². The number of nitrogens with one attached hydrogen (secondary N) is 1. The molecule has 0 aliphatic carbocycles. The van der Waals surface area contributed by atoms with Crippen LogP contribution in [0.1, 0.15) is 41.1 Å². The monoisotopic (exact) mass is 542 g/mol. The van der Waals surface area contributed by atoms with Crippen molar-refractivity contribution in [2.24, 2.45) is 10.1 Å². The maximum absolute atomic E-state index is 12.9. The Bertz CT molecular complexity index is 1450. The number of amides is 2. The fraction of sp³-hybridized carbons (Fsp3) is 0.267. The highest BCUT2D eigenvalue weighted by molar-refractivity contribution is 8.15. The Morgan fingerprint density at radius 3 is 2.28 bits per heavy atom. The molecule has 39 heavy (non-hydrogen) atoms. The highest BCUT2D eigenvalue weighted by Crippen LogP contribution is 2.39. The summed E-state index contributed by atoms with van der Waals surface area (Å²) in [5.74, 6) is 0.976. The minimum Gasteiger partial charge on any atom is -0.497 e. The van der Waals surface area contributed by atoms with E-state index >= 15 is 0 Å². The van der Waals surface area contributed by atoms with Gasteiger partial charge in [-0.1, -0.05) is 30.0 Å². The van der Waals surface area contributed by atoms with Gasteiger partial charge in [0, 0.05) is 18.5 Å². The highest BCUT2D eigenvalue weighted by Gasteiger charge is 2.39. The zero-order chi connectivity index (χ0) is 27.5. The molecule has 3 aromatic rings. The molecular formula is C30H30N4O4S. The molecule has 0 unspecified atom stereocenters. The predicted octanol–water partition coefficient (Wildman–Crippen LogP) is 5.50. The lowest BCUT2D eigenvalue weighted by Crippen LogP contribution is -2.25. The third-order valence-electron chi connectivity index (χ3n) is 6.92. The van der Waals surface area contributed by atoms with Crippen molar-refractivity contribution >= 4 is 40.1 Å². The van der Waals surface area contributed by atoms with Crippen LogP contribution in [0.3, 0.4) is 0 Å². The summed E-state index contributed by atoms with van der Waals surface area (Å²) in [6.45, 7) is 4.02. The number of anilines is 1. The summed E-state index contributed by atoms with van der Waals surface area (Å²) in [6, 6.07) is 21.2. The van der Waals surface area contributed by atoms with Crippen LogP contribution in [-0.2, 0) is 9.59 Å². The number of aliphatic imine (C=N–C) groups is 1. The van der Waals surface area contributed by atoms with E-state index in [-0.39, 0.29) is 24.3 Å². The number of nitrogens with zero attached hydrogens (tertiary/aromatic N) is 3. The number of carbonyl (C=O) groups is 2. The molecule has 0 saturated heterocycles. The van der Waals surface area contributed by atoms with Crippen molar-refractivity contribution < 1.29 is 19.1 Å². The Hall–Kier alpha value is -4.11. The second kappa shape index (κ2) is 11.3. The number of aryl methyl sites for hydroxylation is 2. The normalized spacial score (nSPS) is 18.6. The second-order valence-corrected chi connectivity index (χ2v) is 10.7. The first-order chi connectivity index (χ1) is 18.8. The zero-order valence-electron chi connectivity index (χ0n) is 22.3. The summed E-state index contributed by atoms with van der Waals surface area (Å²) in [7, 11) is 3.27. The first kappa shape index (κ1) is 26.5. The smallest absolute Gasteiger partial charge is 0.262 e. The van der Waals surface area contributed by atoms with E-state index in [9.17, 15) is 9.59 Å². The summed E-state index contributed by atoms with van der Waals surface area (Å²) in [4.78, 5) is 30.0. The topological polar surface area (TPSA) is 92.6 Å². The molecule has 9 heteroatoms. The number of hydrogen-bond acceptors (Lipinski definition) is 7. The molecule has 0 fully saturated rings. The van der Waals surface area contributed by atoms with Crippen LogP contribution >= 0.6 is 11.8 Å². The molecule has 1 N–H and O–H groups in total. The predicted molar refractivity (Wildman–Crippen MR) is 155 cm³/mol. The number of carbonyl (C=O) groups excluding carboxylic acids is 2. The van der Waals surface area contributed by atoms with Crippen LogP contribution in [0, 0.1) is 13.8 Å². The van der Waals surface area contributed by atoms with Crippen LogP contribution in [-0.4, -0.2) is 47.2 Å². The first-order valence-corrected chi connectivity index (χ1v) is 13.5. The van der Waals surface area contributed by atoms with Crippen LogP contribution in [0.4, 0.5) is 5.69 Å². The number of benzene rings is 3. The third kappa shape index (κ3) is 5.83. The van der Waals surface area contributed by atoms with Gasteiger partial charge in [0.25, 0.3) is 5.91 Å².